The van der Waals surface area contributed by atoms with Crippen LogP contribution in [0, 0.1) is 0 Å². The van der Waals surface area contributed by atoms with Crippen molar-refractivity contribution in [2.45, 2.75) is 25.8 Å². The average molecular weight is 432 g/mol. The van der Waals surface area contributed by atoms with Gasteiger partial charge in [-0.25, -0.2) is 4.57 Å². The minimum absolute atomic E-state index is 0.102. The van der Waals surface area contributed by atoms with E-state index in [0.29, 0.717) is 18.0 Å². The van der Waals surface area contributed by atoms with Gasteiger partial charge in [-0.3, -0.25) is 0 Å². The number of nitrogens with one attached hydrogen (secondary N) is 1. The van der Waals surface area contributed by atoms with E-state index in [1.54, 1.807) is 24.3 Å². The molecule has 3 aromatic carbocycles. The highest BCUT2D eigenvalue weighted by molar-refractivity contribution is 7.52. The summed E-state index contributed by atoms with van der Waals surface area (Å²) in [5.74, 6) is 1.05. The Morgan fingerprint density at radius 3 is 2.10 bits per heavy atom. The Kier molecular flexibility index (Phi) is 5.31. The lowest BCUT2D eigenvalue weighted by molar-refractivity contribution is 0.222. The molecule has 1 aliphatic heterocycles. The number of benzene rings is 3. The number of nitrogens with zero attached hydrogens (tertiary/aromatic N) is 1. The minimum Gasteiger partial charge on any atom is -0.404 e. The van der Waals surface area contributed by atoms with Crippen LogP contribution in [-0.4, -0.2) is 16.2 Å². The molecule has 0 fully saturated rings. The lowest BCUT2D eigenvalue weighted by Gasteiger charge is -2.38. The topological polar surface area (TPSA) is 54.6 Å². The van der Waals surface area contributed by atoms with Gasteiger partial charge in [-0.2, -0.15) is 4.67 Å². The van der Waals surface area contributed by atoms with E-state index in [-0.39, 0.29) is 6.04 Å². The molecule has 4 aromatic rings. The maximum atomic E-state index is 14.4. The van der Waals surface area contributed by atoms with Gasteiger partial charge in [0.1, 0.15) is 11.5 Å². The molecule has 0 spiro atoms. The van der Waals surface area contributed by atoms with Gasteiger partial charge in [-0.05, 0) is 48.7 Å². The highest BCUT2D eigenvalue weighted by atomic mass is 31.2. The molecule has 5 nitrogen and oxygen atoms in total. The van der Waals surface area contributed by atoms with Crippen molar-refractivity contribution in [1.82, 2.24) is 9.65 Å². The zero-order chi connectivity index (χ0) is 21.3. The van der Waals surface area contributed by atoms with Crippen LogP contribution in [0.1, 0.15) is 30.6 Å². The third-order valence-electron chi connectivity index (χ3n) is 5.76. The Hall–Kier alpha value is -3.01. The van der Waals surface area contributed by atoms with Crippen LogP contribution in [0.15, 0.2) is 84.9 Å². The monoisotopic (exact) mass is 432 g/mol. The number of para-hydroxylation sites is 3. The van der Waals surface area contributed by atoms with Gasteiger partial charge < -0.3 is 14.0 Å². The van der Waals surface area contributed by atoms with Gasteiger partial charge in [0.2, 0.25) is 0 Å². The van der Waals surface area contributed by atoms with Crippen molar-refractivity contribution in [3.8, 4) is 11.5 Å². The molecule has 0 saturated heterocycles. The van der Waals surface area contributed by atoms with E-state index in [2.05, 4.69) is 30.1 Å². The van der Waals surface area contributed by atoms with Crippen LogP contribution in [0.3, 0.4) is 0 Å². The lowest BCUT2D eigenvalue weighted by atomic mass is 9.98. The number of aromatic nitrogens is 1. The number of rotatable bonds is 6. The second-order valence-electron chi connectivity index (χ2n) is 7.68. The van der Waals surface area contributed by atoms with Crippen molar-refractivity contribution in [2.75, 3.05) is 6.54 Å². The maximum absolute atomic E-state index is 14.4. The van der Waals surface area contributed by atoms with Gasteiger partial charge >= 0.3 is 7.75 Å². The number of fused-ring (bicyclic) bond motifs is 3. The molecule has 1 unspecified atom stereocenters. The molecule has 1 atom stereocenters. The van der Waals surface area contributed by atoms with Crippen LogP contribution < -0.4 is 9.05 Å². The van der Waals surface area contributed by atoms with E-state index >= 15 is 0 Å². The first-order chi connectivity index (χ1) is 15.2. The molecule has 1 N–H and O–H groups in total. The van der Waals surface area contributed by atoms with Crippen molar-refractivity contribution >= 4 is 18.6 Å². The van der Waals surface area contributed by atoms with E-state index in [9.17, 15) is 4.57 Å². The zero-order valence-corrected chi connectivity index (χ0v) is 18.3. The number of aromatic amines is 1. The first-order valence-electron chi connectivity index (χ1n) is 10.6. The standard InChI is InChI=1S/C25H25N2O3P/c1-2-24-25-22(21-15-9-10-16-23(21)26-25)17-18-27(24)31(28,29-19-11-5-3-6-12-19)30-20-13-7-4-8-14-20/h3-16,24,26H,2,17-18H2,1H3. The molecule has 0 aliphatic carbocycles. The molecular formula is C25H25N2O3P. The van der Waals surface area contributed by atoms with E-state index < -0.39 is 7.75 Å². The molecule has 0 bridgehead atoms. The van der Waals surface area contributed by atoms with Crippen LogP contribution in [0.25, 0.3) is 10.9 Å². The predicted octanol–water partition coefficient (Wildman–Crippen LogP) is 6.74. The van der Waals surface area contributed by atoms with Crippen molar-refractivity contribution in [2.24, 2.45) is 0 Å². The summed E-state index contributed by atoms with van der Waals surface area (Å²) in [4.78, 5) is 3.57. The highest BCUT2D eigenvalue weighted by Crippen LogP contribution is 2.57. The Morgan fingerprint density at radius 2 is 1.48 bits per heavy atom. The molecule has 2 heterocycles. The molecule has 5 rings (SSSR count). The van der Waals surface area contributed by atoms with Gasteiger partial charge in [-0.1, -0.05) is 61.5 Å². The summed E-state index contributed by atoms with van der Waals surface area (Å²) < 4.78 is 28.5. The molecule has 158 valence electrons. The van der Waals surface area contributed by atoms with Crippen LogP contribution >= 0.6 is 7.75 Å². The summed E-state index contributed by atoms with van der Waals surface area (Å²) >= 11 is 0. The predicted molar refractivity (Wildman–Crippen MR) is 123 cm³/mol. The Labute approximate surface area is 182 Å². The molecule has 0 radical (unpaired) electrons. The molecule has 6 heteroatoms. The molecule has 0 amide bonds. The summed E-state index contributed by atoms with van der Waals surface area (Å²) in [5, 5.41) is 1.23. The van der Waals surface area contributed by atoms with Crippen LogP contribution in [0.5, 0.6) is 11.5 Å². The summed E-state index contributed by atoms with van der Waals surface area (Å²) in [6, 6.07) is 26.7. The van der Waals surface area contributed by atoms with E-state index in [1.165, 1.54) is 10.9 Å². The second kappa shape index (κ2) is 8.26. The van der Waals surface area contributed by atoms with Crippen molar-refractivity contribution in [1.29, 1.82) is 0 Å². The number of H-pyrrole nitrogens is 1. The van der Waals surface area contributed by atoms with Gasteiger partial charge in [0.15, 0.2) is 0 Å². The molecule has 1 aliphatic rings. The smallest absolute Gasteiger partial charge is 0.404 e. The summed E-state index contributed by atoms with van der Waals surface area (Å²) in [6.07, 6.45) is 1.55. The quantitative estimate of drug-likeness (QED) is 0.343. The van der Waals surface area contributed by atoms with E-state index in [1.807, 2.05) is 47.1 Å². The SMILES string of the molecule is CCC1c2[nH]c3ccccc3c2CCN1P(=O)(Oc1ccccc1)Oc1ccccc1. The summed E-state index contributed by atoms with van der Waals surface area (Å²) in [5.41, 5.74) is 3.50. The maximum Gasteiger partial charge on any atom is 0.516 e. The Bertz CT molecular complexity index is 1180. The molecular weight excluding hydrogens is 407 g/mol. The van der Waals surface area contributed by atoms with Crippen molar-refractivity contribution < 1.29 is 13.6 Å². The van der Waals surface area contributed by atoms with Crippen LogP contribution in [-0.2, 0) is 11.0 Å². The normalized spacial score (nSPS) is 16.7. The van der Waals surface area contributed by atoms with Gasteiger partial charge in [0.05, 0.1) is 6.04 Å². The van der Waals surface area contributed by atoms with Crippen LogP contribution in [0.2, 0.25) is 0 Å². The largest absolute Gasteiger partial charge is 0.516 e. The molecule has 0 saturated carbocycles. The highest BCUT2D eigenvalue weighted by Gasteiger charge is 2.45. The van der Waals surface area contributed by atoms with Gasteiger partial charge in [0, 0.05) is 23.1 Å². The van der Waals surface area contributed by atoms with Gasteiger partial charge in [0.25, 0.3) is 0 Å². The van der Waals surface area contributed by atoms with E-state index in [4.69, 9.17) is 9.05 Å². The van der Waals surface area contributed by atoms with E-state index in [0.717, 1.165) is 24.1 Å². The fraction of sp³-hybridized carbons (Fsp3) is 0.200. The average Bonchev–Trinajstić information content (AvgIpc) is 3.18. The fourth-order valence-electron chi connectivity index (χ4n) is 4.37. The Morgan fingerprint density at radius 1 is 0.903 bits per heavy atom. The van der Waals surface area contributed by atoms with Gasteiger partial charge in [-0.15, -0.1) is 0 Å². The Balaban J connectivity index is 1.57. The van der Waals surface area contributed by atoms with Crippen molar-refractivity contribution in [3.63, 3.8) is 0 Å². The molecule has 31 heavy (non-hydrogen) atoms. The summed E-state index contributed by atoms with van der Waals surface area (Å²) in [7, 11) is -3.70. The van der Waals surface area contributed by atoms with Crippen molar-refractivity contribution in [3.05, 3.63) is 96.2 Å². The number of hydrogen-bond acceptors (Lipinski definition) is 3. The molecule has 1 aromatic heterocycles. The third kappa shape index (κ3) is 3.76. The second-order valence-corrected chi connectivity index (χ2v) is 9.49. The first-order valence-corrected chi connectivity index (χ1v) is 12.1. The minimum atomic E-state index is -3.70. The lowest BCUT2D eigenvalue weighted by Crippen LogP contribution is -2.35. The number of hydrogen-bond donors (Lipinski definition) is 1. The third-order valence-corrected chi connectivity index (χ3v) is 7.75. The zero-order valence-electron chi connectivity index (χ0n) is 17.4. The fourth-order valence-corrected chi connectivity index (χ4v) is 6.35. The van der Waals surface area contributed by atoms with Crippen LogP contribution in [0.4, 0.5) is 0 Å². The summed E-state index contributed by atoms with van der Waals surface area (Å²) in [6.45, 7) is 2.69. The first kappa shape index (κ1) is 19.9.